The molecule has 0 saturated carbocycles. The standard InChI is InChI=1S/C10H7F2N3O/c11-6-1-2-8(7(12)5-6)16-9-3-4-14-10(13)15-9/h1-5H,(H2,13,14,15). The molecule has 0 aliphatic carbocycles. The third-order valence-corrected chi connectivity index (χ3v) is 1.76. The van der Waals surface area contributed by atoms with E-state index in [1.54, 1.807) is 0 Å². The summed E-state index contributed by atoms with van der Waals surface area (Å²) in [5, 5.41) is 0. The van der Waals surface area contributed by atoms with Gasteiger partial charge in [-0.3, -0.25) is 0 Å². The maximum Gasteiger partial charge on any atom is 0.224 e. The lowest BCUT2D eigenvalue weighted by Gasteiger charge is -2.05. The van der Waals surface area contributed by atoms with E-state index < -0.39 is 11.6 Å². The third kappa shape index (κ3) is 2.22. The van der Waals surface area contributed by atoms with Crippen LogP contribution in [0.1, 0.15) is 0 Å². The number of hydrogen-bond acceptors (Lipinski definition) is 4. The first-order valence-corrected chi connectivity index (χ1v) is 4.36. The van der Waals surface area contributed by atoms with Crippen molar-refractivity contribution in [2.45, 2.75) is 0 Å². The first-order valence-electron chi connectivity index (χ1n) is 4.36. The molecular weight excluding hydrogens is 216 g/mol. The molecule has 2 aromatic rings. The fourth-order valence-corrected chi connectivity index (χ4v) is 1.08. The van der Waals surface area contributed by atoms with Gasteiger partial charge in [-0.2, -0.15) is 4.98 Å². The average Bonchev–Trinajstić information content (AvgIpc) is 2.22. The molecule has 0 atom stereocenters. The Hall–Kier alpha value is -2.24. The number of nitrogens with two attached hydrogens (primary N) is 1. The number of aromatic nitrogens is 2. The smallest absolute Gasteiger partial charge is 0.224 e. The Bertz CT molecular complexity index is 519. The lowest BCUT2D eigenvalue weighted by Crippen LogP contribution is -1.97. The van der Waals surface area contributed by atoms with Crippen molar-refractivity contribution in [2.24, 2.45) is 0 Å². The number of anilines is 1. The molecule has 0 saturated heterocycles. The minimum Gasteiger partial charge on any atom is -0.436 e. The molecule has 2 rings (SSSR count). The molecule has 1 aromatic heterocycles. The molecule has 0 amide bonds. The largest absolute Gasteiger partial charge is 0.436 e. The molecule has 0 aliphatic rings. The normalized spacial score (nSPS) is 10.1. The van der Waals surface area contributed by atoms with Gasteiger partial charge in [0, 0.05) is 18.3 Å². The molecule has 0 unspecified atom stereocenters. The highest BCUT2D eigenvalue weighted by atomic mass is 19.1. The van der Waals surface area contributed by atoms with E-state index in [2.05, 4.69) is 9.97 Å². The third-order valence-electron chi connectivity index (χ3n) is 1.76. The Balaban J connectivity index is 2.27. The summed E-state index contributed by atoms with van der Waals surface area (Å²) in [5.41, 5.74) is 5.32. The Labute approximate surface area is 89.7 Å². The number of halogens is 2. The van der Waals surface area contributed by atoms with Crippen LogP contribution < -0.4 is 10.5 Å². The zero-order chi connectivity index (χ0) is 11.5. The fourth-order valence-electron chi connectivity index (χ4n) is 1.08. The van der Waals surface area contributed by atoms with Crippen molar-refractivity contribution in [1.29, 1.82) is 0 Å². The predicted molar refractivity (Wildman–Crippen MR) is 52.9 cm³/mol. The van der Waals surface area contributed by atoms with E-state index in [4.69, 9.17) is 10.5 Å². The molecule has 6 heteroatoms. The van der Waals surface area contributed by atoms with Crippen LogP contribution >= 0.6 is 0 Å². The summed E-state index contributed by atoms with van der Waals surface area (Å²) in [4.78, 5) is 7.37. The molecule has 4 nitrogen and oxygen atoms in total. The van der Waals surface area contributed by atoms with Gasteiger partial charge in [0.05, 0.1) is 0 Å². The molecule has 2 N–H and O–H groups in total. The van der Waals surface area contributed by atoms with Gasteiger partial charge in [-0.25, -0.2) is 13.8 Å². The van der Waals surface area contributed by atoms with E-state index in [0.29, 0.717) is 0 Å². The van der Waals surface area contributed by atoms with Crippen molar-refractivity contribution in [2.75, 3.05) is 5.73 Å². The minimum atomic E-state index is -0.808. The highest BCUT2D eigenvalue weighted by Crippen LogP contribution is 2.23. The van der Waals surface area contributed by atoms with Gasteiger partial charge >= 0.3 is 0 Å². The van der Waals surface area contributed by atoms with Crippen molar-refractivity contribution in [3.05, 3.63) is 42.1 Å². The van der Waals surface area contributed by atoms with Crippen molar-refractivity contribution in [3.63, 3.8) is 0 Å². The summed E-state index contributed by atoms with van der Waals surface area (Å²) in [6, 6.07) is 4.39. The molecule has 0 spiro atoms. The van der Waals surface area contributed by atoms with Crippen molar-refractivity contribution >= 4 is 5.95 Å². The maximum absolute atomic E-state index is 13.2. The zero-order valence-electron chi connectivity index (χ0n) is 8.02. The molecule has 1 heterocycles. The van der Waals surface area contributed by atoms with Gasteiger partial charge in [0.25, 0.3) is 0 Å². The Morgan fingerprint density at radius 3 is 2.69 bits per heavy atom. The SMILES string of the molecule is Nc1nccc(Oc2ccc(F)cc2F)n1. The first kappa shape index (κ1) is 10.3. The first-order chi connectivity index (χ1) is 7.65. The van der Waals surface area contributed by atoms with Crippen molar-refractivity contribution in [1.82, 2.24) is 9.97 Å². The van der Waals surface area contributed by atoms with E-state index in [1.165, 1.54) is 18.3 Å². The summed E-state index contributed by atoms with van der Waals surface area (Å²) in [7, 11) is 0. The molecule has 0 radical (unpaired) electrons. The molecule has 0 bridgehead atoms. The number of rotatable bonds is 2. The van der Waals surface area contributed by atoms with Gasteiger partial charge in [0.15, 0.2) is 11.6 Å². The highest BCUT2D eigenvalue weighted by Gasteiger charge is 2.07. The van der Waals surface area contributed by atoms with Gasteiger partial charge < -0.3 is 10.5 Å². The quantitative estimate of drug-likeness (QED) is 0.847. The second-order valence-electron chi connectivity index (χ2n) is 2.93. The van der Waals surface area contributed by atoms with E-state index in [1.807, 2.05) is 0 Å². The number of nitrogens with zero attached hydrogens (tertiary/aromatic N) is 2. The van der Waals surface area contributed by atoms with Crippen LogP contribution in [-0.2, 0) is 0 Å². The Kier molecular flexibility index (Phi) is 2.63. The summed E-state index contributed by atoms with van der Waals surface area (Å²) >= 11 is 0. The summed E-state index contributed by atoms with van der Waals surface area (Å²) in [5.74, 6) is -1.50. The summed E-state index contributed by atoms with van der Waals surface area (Å²) in [6.45, 7) is 0. The second kappa shape index (κ2) is 4.09. The van der Waals surface area contributed by atoms with E-state index >= 15 is 0 Å². The number of ether oxygens (including phenoxy) is 1. The van der Waals surface area contributed by atoms with Crippen molar-refractivity contribution < 1.29 is 13.5 Å². The summed E-state index contributed by atoms with van der Waals surface area (Å²) in [6.07, 6.45) is 1.37. The van der Waals surface area contributed by atoms with Crippen LogP contribution in [0, 0.1) is 11.6 Å². The Morgan fingerprint density at radius 1 is 1.19 bits per heavy atom. The lowest BCUT2D eigenvalue weighted by molar-refractivity contribution is 0.423. The van der Waals surface area contributed by atoms with Gasteiger partial charge in [-0.1, -0.05) is 0 Å². The van der Waals surface area contributed by atoms with Gasteiger partial charge in [-0.15, -0.1) is 0 Å². The van der Waals surface area contributed by atoms with E-state index in [9.17, 15) is 8.78 Å². The van der Waals surface area contributed by atoms with Crippen LogP contribution in [0.5, 0.6) is 11.6 Å². The molecule has 0 aliphatic heterocycles. The lowest BCUT2D eigenvalue weighted by atomic mass is 10.3. The molecule has 82 valence electrons. The second-order valence-corrected chi connectivity index (χ2v) is 2.93. The van der Waals surface area contributed by atoms with Crippen LogP contribution in [0.3, 0.4) is 0 Å². The Morgan fingerprint density at radius 2 is 2.00 bits per heavy atom. The fraction of sp³-hybridized carbons (Fsp3) is 0. The summed E-state index contributed by atoms with van der Waals surface area (Å²) < 4.78 is 30.9. The van der Waals surface area contributed by atoms with Crippen LogP contribution in [-0.4, -0.2) is 9.97 Å². The maximum atomic E-state index is 13.2. The number of benzene rings is 1. The van der Waals surface area contributed by atoms with Crippen LogP contribution in [0.2, 0.25) is 0 Å². The van der Waals surface area contributed by atoms with Crippen LogP contribution in [0.15, 0.2) is 30.5 Å². The van der Waals surface area contributed by atoms with Gasteiger partial charge in [-0.05, 0) is 12.1 Å². The number of hydrogen-bond donors (Lipinski definition) is 1. The topological polar surface area (TPSA) is 61.0 Å². The van der Waals surface area contributed by atoms with Crippen LogP contribution in [0.4, 0.5) is 14.7 Å². The molecule has 16 heavy (non-hydrogen) atoms. The van der Waals surface area contributed by atoms with Crippen molar-refractivity contribution in [3.8, 4) is 11.6 Å². The van der Waals surface area contributed by atoms with Gasteiger partial charge in [0.2, 0.25) is 11.8 Å². The molecule has 0 fully saturated rings. The van der Waals surface area contributed by atoms with Gasteiger partial charge in [0.1, 0.15) is 5.82 Å². The zero-order valence-corrected chi connectivity index (χ0v) is 8.02. The minimum absolute atomic E-state index is 0.0139. The highest BCUT2D eigenvalue weighted by molar-refractivity contribution is 5.30. The predicted octanol–water partition coefficient (Wildman–Crippen LogP) is 2.13. The van der Waals surface area contributed by atoms with E-state index in [0.717, 1.165) is 12.1 Å². The van der Waals surface area contributed by atoms with E-state index in [-0.39, 0.29) is 17.6 Å². The molecular formula is C10H7F2N3O. The average molecular weight is 223 g/mol. The van der Waals surface area contributed by atoms with Crippen LogP contribution in [0.25, 0.3) is 0 Å². The number of nitrogen functional groups attached to an aromatic ring is 1. The monoisotopic (exact) mass is 223 g/mol. The molecule has 1 aromatic carbocycles.